The summed E-state index contributed by atoms with van der Waals surface area (Å²) in [4.78, 5) is 19.0. The van der Waals surface area contributed by atoms with Crippen LogP contribution in [0.2, 0.25) is 0 Å². The van der Waals surface area contributed by atoms with Gasteiger partial charge >= 0.3 is 0 Å². The summed E-state index contributed by atoms with van der Waals surface area (Å²) in [6, 6.07) is 10.7. The van der Waals surface area contributed by atoms with Gasteiger partial charge in [0.05, 0.1) is 12.0 Å². The number of hydrogen-bond donors (Lipinski definition) is 2. The van der Waals surface area contributed by atoms with Gasteiger partial charge in [-0.25, -0.2) is 4.98 Å². The Morgan fingerprint density at radius 1 is 1.15 bits per heavy atom. The second-order valence-corrected chi connectivity index (χ2v) is 7.57. The maximum atomic E-state index is 11.7. The fraction of sp³-hybridized carbons (Fsp3) is 0.550. The average molecular weight is 353 g/mol. The van der Waals surface area contributed by atoms with Crippen molar-refractivity contribution in [2.45, 2.75) is 57.0 Å². The van der Waals surface area contributed by atoms with Gasteiger partial charge in [-0.1, -0.05) is 49.6 Å². The number of nitrogens with zero attached hydrogens (tertiary/aromatic N) is 3. The summed E-state index contributed by atoms with van der Waals surface area (Å²) in [5.74, 6) is 1.78. The molecule has 138 valence electrons. The molecule has 0 unspecified atom stereocenters. The zero-order valence-corrected chi connectivity index (χ0v) is 15.3. The largest absolute Gasteiger partial charge is 0.352 e. The van der Waals surface area contributed by atoms with Crippen LogP contribution in [0.25, 0.3) is 11.4 Å². The summed E-state index contributed by atoms with van der Waals surface area (Å²) < 4.78 is 0. The van der Waals surface area contributed by atoms with Crippen molar-refractivity contribution in [3.8, 4) is 11.4 Å². The van der Waals surface area contributed by atoms with Crippen LogP contribution in [0.5, 0.6) is 0 Å². The highest BCUT2D eigenvalue weighted by molar-refractivity contribution is 5.73. The number of carbonyl (C=O) groups is 1. The highest BCUT2D eigenvalue weighted by atomic mass is 16.1. The van der Waals surface area contributed by atoms with E-state index in [1.165, 1.54) is 32.1 Å². The number of benzene rings is 1. The molecule has 2 atom stereocenters. The Labute approximate surface area is 154 Å². The Balaban J connectivity index is 1.54. The van der Waals surface area contributed by atoms with E-state index in [9.17, 15) is 4.79 Å². The summed E-state index contributed by atoms with van der Waals surface area (Å²) in [7, 11) is 0. The Morgan fingerprint density at radius 2 is 1.92 bits per heavy atom. The molecule has 0 bridgehead atoms. The predicted molar refractivity (Wildman–Crippen MR) is 101 cm³/mol. The fourth-order valence-electron chi connectivity index (χ4n) is 4.42. The Kier molecular flexibility index (Phi) is 5.02. The first-order chi connectivity index (χ1) is 12.7. The van der Waals surface area contributed by atoms with Gasteiger partial charge in [0.1, 0.15) is 5.82 Å². The molecule has 6 nitrogen and oxygen atoms in total. The summed E-state index contributed by atoms with van der Waals surface area (Å²) in [6.45, 7) is 3.42. The van der Waals surface area contributed by atoms with Crippen molar-refractivity contribution >= 4 is 5.91 Å². The number of likely N-dealkylation sites (tertiary alicyclic amines) is 1. The van der Waals surface area contributed by atoms with E-state index in [0.717, 1.165) is 30.3 Å². The van der Waals surface area contributed by atoms with Crippen molar-refractivity contribution < 1.29 is 4.79 Å². The van der Waals surface area contributed by atoms with Gasteiger partial charge < -0.3 is 5.32 Å². The molecule has 1 saturated carbocycles. The quantitative estimate of drug-likeness (QED) is 0.886. The van der Waals surface area contributed by atoms with Crippen molar-refractivity contribution in [2.75, 3.05) is 13.1 Å². The smallest absolute Gasteiger partial charge is 0.217 e. The molecule has 0 spiro atoms. The van der Waals surface area contributed by atoms with Crippen molar-refractivity contribution in [1.82, 2.24) is 25.4 Å². The molecule has 1 aromatic heterocycles. The van der Waals surface area contributed by atoms with E-state index in [0.29, 0.717) is 6.04 Å². The van der Waals surface area contributed by atoms with Crippen LogP contribution in [-0.2, 0) is 4.79 Å². The first-order valence-corrected chi connectivity index (χ1v) is 9.69. The van der Waals surface area contributed by atoms with E-state index in [4.69, 9.17) is 4.98 Å². The third-order valence-electron chi connectivity index (χ3n) is 5.71. The van der Waals surface area contributed by atoms with Crippen LogP contribution in [0.15, 0.2) is 30.3 Å². The van der Waals surface area contributed by atoms with Gasteiger partial charge in [-0.05, 0) is 12.8 Å². The van der Waals surface area contributed by atoms with E-state index in [1.54, 1.807) is 6.92 Å². The Morgan fingerprint density at radius 3 is 2.65 bits per heavy atom. The minimum absolute atomic E-state index is 0.0216. The molecule has 1 aliphatic carbocycles. The summed E-state index contributed by atoms with van der Waals surface area (Å²) in [5, 5.41) is 10.7. The van der Waals surface area contributed by atoms with Crippen LogP contribution in [0.4, 0.5) is 0 Å². The van der Waals surface area contributed by atoms with E-state index in [-0.39, 0.29) is 17.9 Å². The zero-order valence-electron chi connectivity index (χ0n) is 15.3. The van der Waals surface area contributed by atoms with Gasteiger partial charge in [-0.2, -0.15) is 5.10 Å². The minimum atomic E-state index is 0.0216. The lowest BCUT2D eigenvalue weighted by molar-refractivity contribution is -0.119. The van der Waals surface area contributed by atoms with E-state index < -0.39 is 0 Å². The maximum absolute atomic E-state index is 11.7. The molecule has 1 aromatic carbocycles. The summed E-state index contributed by atoms with van der Waals surface area (Å²) >= 11 is 0. The fourth-order valence-corrected chi connectivity index (χ4v) is 4.42. The number of H-pyrrole nitrogens is 1. The normalized spacial score (nSPS) is 24.7. The van der Waals surface area contributed by atoms with Gasteiger partial charge in [0.25, 0.3) is 0 Å². The predicted octanol–water partition coefficient (Wildman–Crippen LogP) is 2.71. The van der Waals surface area contributed by atoms with Crippen molar-refractivity contribution in [2.24, 2.45) is 0 Å². The Bertz CT molecular complexity index is 738. The van der Waals surface area contributed by atoms with Crippen molar-refractivity contribution in [3.63, 3.8) is 0 Å². The highest BCUT2D eigenvalue weighted by Crippen LogP contribution is 2.32. The van der Waals surface area contributed by atoms with Crippen molar-refractivity contribution in [1.29, 1.82) is 0 Å². The van der Waals surface area contributed by atoms with Crippen LogP contribution in [0.1, 0.15) is 50.8 Å². The number of aromatic nitrogens is 3. The summed E-state index contributed by atoms with van der Waals surface area (Å²) in [5.41, 5.74) is 1.01. The lowest BCUT2D eigenvalue weighted by Crippen LogP contribution is -2.40. The topological polar surface area (TPSA) is 73.9 Å². The third kappa shape index (κ3) is 3.65. The second kappa shape index (κ2) is 7.58. The number of aromatic amines is 1. The molecule has 2 aromatic rings. The first-order valence-electron chi connectivity index (χ1n) is 9.69. The van der Waals surface area contributed by atoms with E-state index in [1.807, 2.05) is 30.3 Å². The van der Waals surface area contributed by atoms with E-state index >= 15 is 0 Å². The van der Waals surface area contributed by atoms with Gasteiger partial charge in [0.2, 0.25) is 5.91 Å². The number of hydrogen-bond acceptors (Lipinski definition) is 4. The van der Waals surface area contributed by atoms with Gasteiger partial charge in [0, 0.05) is 31.6 Å². The SMILES string of the molecule is CC(=O)N[C@@H]1CN(C2CCCCC2)C[C@H]1c1nc(-c2ccccc2)n[nH]1. The molecular weight excluding hydrogens is 326 g/mol. The van der Waals surface area contributed by atoms with Gasteiger partial charge in [-0.15, -0.1) is 0 Å². The van der Waals surface area contributed by atoms with Crippen LogP contribution in [0.3, 0.4) is 0 Å². The molecule has 26 heavy (non-hydrogen) atoms. The molecular formula is C20H27N5O. The molecule has 1 aliphatic heterocycles. The van der Waals surface area contributed by atoms with E-state index in [2.05, 4.69) is 20.4 Å². The Hall–Kier alpha value is -2.21. The third-order valence-corrected chi connectivity index (χ3v) is 5.71. The molecule has 6 heteroatoms. The monoisotopic (exact) mass is 353 g/mol. The van der Waals surface area contributed by atoms with Gasteiger partial charge in [0.15, 0.2) is 5.82 Å². The zero-order chi connectivity index (χ0) is 17.9. The standard InChI is InChI=1S/C20H27N5O/c1-14(26)21-18-13-25(16-10-6-3-7-11-16)12-17(18)20-22-19(23-24-20)15-8-4-2-5-9-15/h2,4-5,8-9,16-18H,3,6-7,10-13H2,1H3,(H,21,26)(H,22,23,24)/t17-,18-/m1/s1. The molecule has 1 saturated heterocycles. The van der Waals surface area contributed by atoms with Crippen molar-refractivity contribution in [3.05, 3.63) is 36.2 Å². The minimum Gasteiger partial charge on any atom is -0.352 e. The lowest BCUT2D eigenvalue weighted by Gasteiger charge is -2.31. The molecule has 2 aliphatic rings. The molecule has 4 rings (SSSR count). The highest BCUT2D eigenvalue weighted by Gasteiger charge is 2.39. The molecule has 2 N–H and O–H groups in total. The van der Waals surface area contributed by atoms with Crippen LogP contribution >= 0.6 is 0 Å². The van der Waals surface area contributed by atoms with Gasteiger partial charge in [-0.3, -0.25) is 14.8 Å². The van der Waals surface area contributed by atoms with Crippen LogP contribution < -0.4 is 5.32 Å². The average Bonchev–Trinajstić information content (AvgIpc) is 3.30. The summed E-state index contributed by atoms with van der Waals surface area (Å²) in [6.07, 6.45) is 6.52. The molecule has 1 amide bonds. The number of nitrogens with one attached hydrogen (secondary N) is 2. The number of amides is 1. The molecule has 0 radical (unpaired) electrons. The van der Waals surface area contributed by atoms with Crippen LogP contribution in [0, 0.1) is 0 Å². The first kappa shape index (κ1) is 17.2. The molecule has 2 heterocycles. The van der Waals surface area contributed by atoms with Crippen LogP contribution in [-0.4, -0.2) is 51.2 Å². The molecule has 2 fully saturated rings. The number of carbonyl (C=O) groups excluding carboxylic acids is 1. The number of rotatable bonds is 4. The lowest BCUT2D eigenvalue weighted by atomic mass is 9.94. The second-order valence-electron chi connectivity index (χ2n) is 7.57. The maximum Gasteiger partial charge on any atom is 0.217 e.